The molecule has 0 amide bonds. The van der Waals surface area contributed by atoms with Crippen molar-refractivity contribution in [3.05, 3.63) is 71.6 Å². The van der Waals surface area contributed by atoms with E-state index in [1.165, 1.54) is 39.9 Å². The standard InChI is InChI=1S/C16H12Cl2N6O3/c1-21-13-12(14(26)22(2)16(21)27)24(15(18)20-13)7-9-5-11(25)23-6-8(17)3-4-10(23)19-9/h3-6H,7H2,1-2H3. The van der Waals surface area contributed by atoms with Crippen molar-refractivity contribution in [2.45, 2.75) is 6.54 Å². The highest BCUT2D eigenvalue weighted by molar-refractivity contribution is 6.30. The Balaban J connectivity index is 1.95. The van der Waals surface area contributed by atoms with Gasteiger partial charge in [0.05, 0.1) is 17.3 Å². The summed E-state index contributed by atoms with van der Waals surface area (Å²) < 4.78 is 4.96. The molecular weight excluding hydrogens is 395 g/mol. The number of hydrogen-bond acceptors (Lipinski definition) is 5. The van der Waals surface area contributed by atoms with Gasteiger partial charge in [-0.25, -0.2) is 9.78 Å². The molecule has 4 heterocycles. The van der Waals surface area contributed by atoms with Crippen molar-refractivity contribution in [1.29, 1.82) is 0 Å². The second-order valence-corrected chi connectivity index (χ2v) is 6.78. The van der Waals surface area contributed by atoms with E-state index in [4.69, 9.17) is 23.2 Å². The van der Waals surface area contributed by atoms with Crippen molar-refractivity contribution in [3.63, 3.8) is 0 Å². The molecule has 0 N–H and O–H groups in total. The SMILES string of the molecule is Cn1c(=O)c2c(nc(Cl)n2Cc2cc(=O)n3cc(Cl)ccc3n2)n(C)c1=O. The van der Waals surface area contributed by atoms with Crippen molar-refractivity contribution in [2.75, 3.05) is 0 Å². The van der Waals surface area contributed by atoms with Gasteiger partial charge >= 0.3 is 5.69 Å². The molecule has 0 saturated carbocycles. The van der Waals surface area contributed by atoms with E-state index in [1.54, 1.807) is 12.1 Å². The van der Waals surface area contributed by atoms with Crippen LogP contribution < -0.4 is 16.8 Å². The lowest BCUT2D eigenvalue weighted by molar-refractivity contribution is 0.701. The van der Waals surface area contributed by atoms with Gasteiger partial charge in [-0.15, -0.1) is 0 Å². The molecule has 0 unspecified atom stereocenters. The lowest BCUT2D eigenvalue weighted by atomic mass is 10.3. The van der Waals surface area contributed by atoms with Gasteiger partial charge < -0.3 is 4.57 Å². The Morgan fingerprint density at radius 3 is 2.52 bits per heavy atom. The molecule has 9 nitrogen and oxygen atoms in total. The molecular formula is C16H12Cl2N6O3. The van der Waals surface area contributed by atoms with Gasteiger partial charge in [0.1, 0.15) is 5.65 Å². The van der Waals surface area contributed by atoms with E-state index in [9.17, 15) is 14.4 Å². The van der Waals surface area contributed by atoms with Crippen LogP contribution in [-0.2, 0) is 20.6 Å². The molecule has 11 heteroatoms. The number of fused-ring (bicyclic) bond motifs is 2. The van der Waals surface area contributed by atoms with Gasteiger partial charge in [0.2, 0.25) is 5.28 Å². The third-order valence-electron chi connectivity index (χ3n) is 4.30. The Morgan fingerprint density at radius 2 is 1.78 bits per heavy atom. The molecule has 0 fully saturated rings. The second-order valence-electron chi connectivity index (χ2n) is 6.01. The van der Waals surface area contributed by atoms with E-state index in [-0.39, 0.29) is 28.6 Å². The van der Waals surface area contributed by atoms with Crippen LogP contribution >= 0.6 is 23.2 Å². The number of hydrogen-bond donors (Lipinski definition) is 0. The average molecular weight is 407 g/mol. The first-order valence-corrected chi connectivity index (χ1v) is 8.53. The van der Waals surface area contributed by atoms with Crippen LogP contribution in [-0.4, -0.2) is 28.1 Å². The van der Waals surface area contributed by atoms with Crippen molar-refractivity contribution < 1.29 is 0 Å². The van der Waals surface area contributed by atoms with E-state index >= 15 is 0 Å². The summed E-state index contributed by atoms with van der Waals surface area (Å²) in [7, 11) is 2.88. The minimum atomic E-state index is -0.531. The molecule has 0 aliphatic heterocycles. The Morgan fingerprint density at radius 1 is 1.04 bits per heavy atom. The molecule has 27 heavy (non-hydrogen) atoms. The van der Waals surface area contributed by atoms with Gasteiger partial charge in [-0.05, 0) is 23.7 Å². The summed E-state index contributed by atoms with van der Waals surface area (Å²) >= 11 is 12.1. The lowest BCUT2D eigenvalue weighted by Crippen LogP contribution is -2.37. The van der Waals surface area contributed by atoms with E-state index in [0.29, 0.717) is 16.4 Å². The minimum absolute atomic E-state index is 0.0152. The summed E-state index contributed by atoms with van der Waals surface area (Å²) in [5.74, 6) is 0. The van der Waals surface area contributed by atoms with Gasteiger partial charge in [-0.3, -0.25) is 23.1 Å². The summed E-state index contributed by atoms with van der Waals surface area (Å²) in [6.07, 6.45) is 1.47. The molecule has 0 aromatic carbocycles. The maximum atomic E-state index is 12.6. The lowest BCUT2D eigenvalue weighted by Gasteiger charge is -2.08. The zero-order valence-electron chi connectivity index (χ0n) is 14.2. The molecule has 0 atom stereocenters. The highest BCUT2D eigenvalue weighted by Crippen LogP contribution is 2.17. The molecule has 0 radical (unpaired) electrons. The largest absolute Gasteiger partial charge is 0.332 e. The Kier molecular flexibility index (Phi) is 3.93. The van der Waals surface area contributed by atoms with Gasteiger partial charge in [0, 0.05) is 26.4 Å². The summed E-state index contributed by atoms with van der Waals surface area (Å²) in [6.45, 7) is 0.0388. The maximum Gasteiger partial charge on any atom is 0.332 e. The molecule has 4 rings (SSSR count). The van der Waals surface area contributed by atoms with E-state index in [1.807, 2.05) is 0 Å². The number of rotatable bonds is 2. The van der Waals surface area contributed by atoms with Crippen molar-refractivity contribution in [1.82, 2.24) is 28.1 Å². The summed E-state index contributed by atoms with van der Waals surface area (Å²) in [4.78, 5) is 45.5. The Hall–Kier alpha value is -2.91. The quantitative estimate of drug-likeness (QED) is 0.458. The second kappa shape index (κ2) is 6.07. The topological polar surface area (TPSA) is 96.2 Å². The fourth-order valence-electron chi connectivity index (χ4n) is 2.93. The van der Waals surface area contributed by atoms with Crippen LogP contribution in [0.15, 0.2) is 38.8 Å². The fraction of sp³-hybridized carbons (Fsp3) is 0.188. The zero-order valence-corrected chi connectivity index (χ0v) is 15.7. The Labute approximate surface area is 160 Å². The van der Waals surface area contributed by atoms with Crippen LogP contribution in [0.1, 0.15) is 5.69 Å². The van der Waals surface area contributed by atoms with Gasteiger partial charge in [-0.2, -0.15) is 4.98 Å². The molecule has 4 aromatic rings. The zero-order chi connectivity index (χ0) is 19.5. The van der Waals surface area contributed by atoms with Crippen LogP contribution in [0.3, 0.4) is 0 Å². The van der Waals surface area contributed by atoms with E-state index in [2.05, 4.69) is 9.97 Å². The summed E-state index contributed by atoms with van der Waals surface area (Å²) in [6, 6.07) is 4.57. The highest BCUT2D eigenvalue weighted by Gasteiger charge is 2.19. The van der Waals surface area contributed by atoms with Crippen LogP contribution in [0, 0.1) is 0 Å². The predicted molar refractivity (Wildman–Crippen MR) is 101 cm³/mol. The first-order valence-electron chi connectivity index (χ1n) is 7.77. The third-order valence-corrected chi connectivity index (χ3v) is 4.81. The molecule has 4 aromatic heterocycles. The number of aromatic nitrogens is 6. The maximum absolute atomic E-state index is 12.6. The van der Waals surface area contributed by atoms with Crippen LogP contribution in [0.2, 0.25) is 10.3 Å². The van der Waals surface area contributed by atoms with Crippen molar-refractivity contribution in [3.8, 4) is 0 Å². The average Bonchev–Trinajstić information content (AvgIpc) is 2.95. The number of imidazole rings is 1. The normalized spacial score (nSPS) is 11.6. The number of pyridine rings is 1. The highest BCUT2D eigenvalue weighted by atomic mass is 35.5. The number of nitrogens with zero attached hydrogens (tertiary/aromatic N) is 6. The third kappa shape index (κ3) is 2.66. The number of halogens is 2. The summed E-state index contributed by atoms with van der Waals surface area (Å²) in [5, 5.41) is 0.425. The predicted octanol–water partition coefficient (Wildman–Crippen LogP) is 0.797. The first kappa shape index (κ1) is 17.5. The minimum Gasteiger partial charge on any atom is -0.303 e. The van der Waals surface area contributed by atoms with Crippen LogP contribution in [0.4, 0.5) is 0 Å². The van der Waals surface area contributed by atoms with Crippen molar-refractivity contribution in [2.24, 2.45) is 14.1 Å². The van der Waals surface area contributed by atoms with E-state index < -0.39 is 11.2 Å². The van der Waals surface area contributed by atoms with Gasteiger partial charge in [0.25, 0.3) is 11.1 Å². The van der Waals surface area contributed by atoms with E-state index in [0.717, 1.165) is 4.57 Å². The summed E-state index contributed by atoms with van der Waals surface area (Å²) in [5.41, 5.74) is -0.245. The van der Waals surface area contributed by atoms with Crippen molar-refractivity contribution >= 4 is 40.0 Å². The molecule has 0 bridgehead atoms. The monoisotopic (exact) mass is 406 g/mol. The fourth-order valence-corrected chi connectivity index (χ4v) is 3.32. The van der Waals surface area contributed by atoms with Gasteiger partial charge in [-0.1, -0.05) is 11.6 Å². The van der Waals surface area contributed by atoms with Crippen LogP contribution in [0.5, 0.6) is 0 Å². The number of aryl methyl sites for hydroxylation is 1. The first-order chi connectivity index (χ1) is 12.8. The molecule has 0 saturated heterocycles. The molecule has 0 aliphatic rings. The molecule has 0 aliphatic carbocycles. The Bertz CT molecular complexity index is 1410. The van der Waals surface area contributed by atoms with Crippen LogP contribution in [0.25, 0.3) is 16.8 Å². The smallest absolute Gasteiger partial charge is 0.303 e. The molecule has 138 valence electrons. The molecule has 0 spiro atoms. The van der Waals surface area contributed by atoms with Gasteiger partial charge in [0.15, 0.2) is 11.2 Å².